The Morgan fingerprint density at radius 2 is 1.50 bits per heavy atom. The summed E-state index contributed by atoms with van der Waals surface area (Å²) in [6, 6.07) is 20.8. The van der Waals surface area contributed by atoms with Crippen LogP contribution in [0.4, 0.5) is 10.5 Å². The molecule has 166 valence electrons. The number of anilines is 1. The van der Waals surface area contributed by atoms with Crippen molar-refractivity contribution in [3.05, 3.63) is 94.9 Å². The maximum atomic E-state index is 13.3. The fraction of sp³-hybridized carbons (Fsp3) is 0.217. The molecular weight excluding hydrogens is 428 g/mol. The zero-order chi connectivity index (χ0) is 22.7. The molecule has 0 aliphatic carbocycles. The van der Waals surface area contributed by atoms with Crippen molar-refractivity contribution in [2.75, 3.05) is 24.2 Å². The van der Waals surface area contributed by atoms with Crippen LogP contribution in [0.5, 0.6) is 0 Å². The van der Waals surface area contributed by atoms with Crippen LogP contribution in [0.2, 0.25) is 0 Å². The van der Waals surface area contributed by atoms with Crippen LogP contribution < -0.4 is 10.5 Å². The van der Waals surface area contributed by atoms with E-state index in [2.05, 4.69) is 0 Å². The Labute approximate surface area is 186 Å². The van der Waals surface area contributed by atoms with Gasteiger partial charge in [0.1, 0.15) is 0 Å². The molecule has 1 saturated heterocycles. The van der Waals surface area contributed by atoms with E-state index in [4.69, 9.17) is 0 Å². The molecule has 1 fully saturated rings. The molecule has 0 atom stereocenters. The maximum absolute atomic E-state index is 13.3. The molecule has 0 radical (unpaired) electrons. The molecular formula is C23H24N4O4S. The van der Waals surface area contributed by atoms with Crippen molar-refractivity contribution in [2.24, 2.45) is 0 Å². The average molecular weight is 453 g/mol. The van der Waals surface area contributed by atoms with Crippen LogP contribution in [0.25, 0.3) is 5.69 Å². The lowest BCUT2D eigenvalue weighted by atomic mass is 10.2. The molecule has 1 aliphatic rings. The van der Waals surface area contributed by atoms with E-state index in [1.54, 1.807) is 47.5 Å². The third-order valence-electron chi connectivity index (χ3n) is 5.28. The number of hydrogen-bond acceptors (Lipinski definition) is 4. The standard InChI is InChI=1S/C23H24N4O4S/c1-32(30,31)27(18-19-8-3-2-4-9-19)26-17-7-16-25(23(26)29)21-13-11-20(12-14-21)24-15-6-5-10-22(24)28/h2-6,8-15H,7,16-18H2,1H3. The van der Waals surface area contributed by atoms with Gasteiger partial charge in [-0.15, -0.1) is 4.41 Å². The van der Waals surface area contributed by atoms with Crippen molar-refractivity contribution in [2.45, 2.75) is 13.0 Å². The van der Waals surface area contributed by atoms with Crippen LogP contribution in [0, 0.1) is 0 Å². The fourth-order valence-corrected chi connectivity index (χ4v) is 4.60. The number of hydrazine groups is 1. The lowest BCUT2D eigenvalue weighted by Gasteiger charge is -2.40. The molecule has 2 heterocycles. The van der Waals surface area contributed by atoms with E-state index in [0.29, 0.717) is 30.9 Å². The van der Waals surface area contributed by atoms with Gasteiger partial charge in [0.25, 0.3) is 5.56 Å². The van der Waals surface area contributed by atoms with Gasteiger partial charge in [0.15, 0.2) is 0 Å². The van der Waals surface area contributed by atoms with Gasteiger partial charge in [0, 0.05) is 36.7 Å². The normalized spacial score (nSPS) is 14.8. The van der Waals surface area contributed by atoms with E-state index in [1.807, 2.05) is 30.3 Å². The van der Waals surface area contributed by atoms with Gasteiger partial charge in [-0.1, -0.05) is 36.4 Å². The number of aromatic nitrogens is 1. The zero-order valence-corrected chi connectivity index (χ0v) is 18.5. The van der Waals surface area contributed by atoms with Crippen LogP contribution in [-0.2, 0) is 16.6 Å². The van der Waals surface area contributed by atoms with Crippen LogP contribution in [0.1, 0.15) is 12.0 Å². The molecule has 1 aromatic heterocycles. The first-order valence-electron chi connectivity index (χ1n) is 10.2. The number of carbonyl (C=O) groups is 1. The second kappa shape index (κ2) is 8.97. The second-order valence-corrected chi connectivity index (χ2v) is 9.45. The van der Waals surface area contributed by atoms with Crippen LogP contribution >= 0.6 is 0 Å². The van der Waals surface area contributed by atoms with Crippen molar-refractivity contribution in [3.63, 3.8) is 0 Å². The summed E-state index contributed by atoms with van der Waals surface area (Å²) in [6.07, 6.45) is 3.40. The Balaban J connectivity index is 1.59. The predicted octanol–water partition coefficient (Wildman–Crippen LogP) is 2.85. The molecule has 0 bridgehead atoms. The monoisotopic (exact) mass is 452 g/mol. The van der Waals surface area contributed by atoms with Crippen molar-refractivity contribution in [3.8, 4) is 5.69 Å². The molecule has 0 unspecified atom stereocenters. The molecule has 3 aromatic rings. The average Bonchev–Trinajstić information content (AvgIpc) is 2.78. The summed E-state index contributed by atoms with van der Waals surface area (Å²) in [5, 5.41) is 1.29. The molecule has 0 N–H and O–H groups in total. The van der Waals surface area contributed by atoms with Gasteiger partial charge in [0.2, 0.25) is 10.0 Å². The van der Waals surface area contributed by atoms with Crippen molar-refractivity contribution >= 4 is 21.7 Å². The Bertz CT molecular complexity index is 1260. The van der Waals surface area contributed by atoms with Gasteiger partial charge < -0.3 is 0 Å². The smallest absolute Gasteiger partial charge is 0.293 e. The quantitative estimate of drug-likeness (QED) is 0.576. The third kappa shape index (κ3) is 4.58. The summed E-state index contributed by atoms with van der Waals surface area (Å²) in [5.74, 6) is 0. The molecule has 32 heavy (non-hydrogen) atoms. The van der Waals surface area contributed by atoms with Gasteiger partial charge in [-0.25, -0.2) is 18.2 Å². The molecule has 0 spiro atoms. The summed E-state index contributed by atoms with van der Waals surface area (Å²) in [4.78, 5) is 26.9. The SMILES string of the molecule is CS(=O)(=O)N(Cc1ccccc1)N1CCCN(c2ccc(-n3ccccc3=O)cc2)C1=O. The summed E-state index contributed by atoms with van der Waals surface area (Å²) in [6.45, 7) is 0.866. The molecule has 9 heteroatoms. The first-order valence-corrected chi connectivity index (χ1v) is 12.1. The van der Waals surface area contributed by atoms with Gasteiger partial charge in [0.05, 0.1) is 12.8 Å². The topological polar surface area (TPSA) is 82.9 Å². The molecule has 8 nitrogen and oxygen atoms in total. The van der Waals surface area contributed by atoms with Gasteiger partial charge >= 0.3 is 6.03 Å². The van der Waals surface area contributed by atoms with Crippen LogP contribution in [-0.4, -0.2) is 47.8 Å². The van der Waals surface area contributed by atoms with Crippen molar-refractivity contribution < 1.29 is 13.2 Å². The number of nitrogens with zero attached hydrogens (tertiary/aromatic N) is 4. The minimum Gasteiger partial charge on any atom is -0.293 e. The number of rotatable bonds is 6. The largest absolute Gasteiger partial charge is 0.339 e. The second-order valence-electron chi connectivity index (χ2n) is 7.57. The molecule has 0 saturated carbocycles. The van der Waals surface area contributed by atoms with E-state index in [0.717, 1.165) is 16.2 Å². The highest BCUT2D eigenvalue weighted by Crippen LogP contribution is 2.24. The van der Waals surface area contributed by atoms with E-state index in [-0.39, 0.29) is 12.1 Å². The van der Waals surface area contributed by atoms with Crippen LogP contribution in [0.3, 0.4) is 0 Å². The van der Waals surface area contributed by atoms with Gasteiger partial charge in [-0.2, -0.15) is 0 Å². The highest BCUT2D eigenvalue weighted by Gasteiger charge is 2.35. The van der Waals surface area contributed by atoms with E-state index in [9.17, 15) is 18.0 Å². The van der Waals surface area contributed by atoms with Crippen molar-refractivity contribution in [1.82, 2.24) is 14.0 Å². The van der Waals surface area contributed by atoms with E-state index >= 15 is 0 Å². The Kier molecular flexibility index (Phi) is 6.11. The minimum absolute atomic E-state index is 0.0785. The highest BCUT2D eigenvalue weighted by molar-refractivity contribution is 7.88. The number of sulfonamides is 1. The first kappa shape index (κ1) is 21.8. The molecule has 4 rings (SSSR count). The fourth-order valence-electron chi connectivity index (χ4n) is 3.71. The minimum atomic E-state index is -3.68. The molecule has 2 amide bonds. The van der Waals surface area contributed by atoms with E-state index in [1.165, 1.54) is 15.6 Å². The summed E-state index contributed by atoms with van der Waals surface area (Å²) in [7, 11) is -3.68. The number of urea groups is 1. The number of pyridine rings is 1. The third-order valence-corrected chi connectivity index (χ3v) is 6.37. The molecule has 1 aliphatic heterocycles. The number of amides is 2. The maximum Gasteiger partial charge on any atom is 0.339 e. The lowest BCUT2D eigenvalue weighted by Crippen LogP contribution is -2.57. The van der Waals surface area contributed by atoms with Gasteiger partial charge in [-0.05, 0) is 42.3 Å². The molecule has 2 aromatic carbocycles. The predicted molar refractivity (Wildman–Crippen MR) is 123 cm³/mol. The number of hydrogen-bond donors (Lipinski definition) is 0. The zero-order valence-electron chi connectivity index (χ0n) is 17.7. The Morgan fingerprint density at radius 1 is 0.844 bits per heavy atom. The van der Waals surface area contributed by atoms with E-state index < -0.39 is 16.1 Å². The number of carbonyl (C=O) groups excluding carboxylic acids is 1. The first-order chi connectivity index (χ1) is 15.3. The van der Waals surface area contributed by atoms with Crippen molar-refractivity contribution in [1.29, 1.82) is 0 Å². The van der Waals surface area contributed by atoms with Crippen LogP contribution in [0.15, 0.2) is 83.8 Å². The number of benzene rings is 2. The lowest BCUT2D eigenvalue weighted by molar-refractivity contribution is 0.0801. The summed E-state index contributed by atoms with van der Waals surface area (Å²) in [5.41, 5.74) is 1.97. The highest BCUT2D eigenvalue weighted by atomic mass is 32.2. The Morgan fingerprint density at radius 3 is 2.16 bits per heavy atom. The summed E-state index contributed by atoms with van der Waals surface area (Å²) >= 11 is 0. The summed E-state index contributed by atoms with van der Waals surface area (Å²) < 4.78 is 27.7. The van der Waals surface area contributed by atoms with Gasteiger partial charge in [-0.3, -0.25) is 14.3 Å². The Hall–Kier alpha value is -3.43.